The van der Waals surface area contributed by atoms with Crippen LogP contribution in [0.3, 0.4) is 0 Å². The summed E-state index contributed by atoms with van der Waals surface area (Å²) in [5.41, 5.74) is 1.08. The van der Waals surface area contributed by atoms with E-state index in [2.05, 4.69) is 20.9 Å². The fourth-order valence-corrected chi connectivity index (χ4v) is 1.57. The summed E-state index contributed by atoms with van der Waals surface area (Å²) in [5, 5.41) is 10.1. The lowest BCUT2D eigenvalue weighted by molar-refractivity contribution is 0.431. The van der Waals surface area contributed by atoms with Crippen molar-refractivity contribution in [3.63, 3.8) is 0 Å². The van der Waals surface area contributed by atoms with Gasteiger partial charge in [0.15, 0.2) is 0 Å². The molecular weight excluding hydrogens is 176 g/mol. The summed E-state index contributed by atoms with van der Waals surface area (Å²) in [7, 11) is 0. The quantitative estimate of drug-likeness (QED) is 0.633. The van der Waals surface area contributed by atoms with Gasteiger partial charge in [-0.05, 0) is 12.1 Å². The second-order valence-corrected chi connectivity index (χ2v) is 3.48. The van der Waals surface area contributed by atoms with Gasteiger partial charge in [-0.1, -0.05) is 0 Å². The van der Waals surface area contributed by atoms with E-state index in [1.54, 1.807) is 6.20 Å². The number of anilines is 1. The van der Waals surface area contributed by atoms with Crippen LogP contribution in [0, 0.1) is 0 Å². The molecular formula is C10H16N4. The van der Waals surface area contributed by atoms with Gasteiger partial charge in [0.2, 0.25) is 0 Å². The molecule has 4 nitrogen and oxygen atoms in total. The summed E-state index contributed by atoms with van der Waals surface area (Å²) in [6, 6.07) is 4.49. The molecule has 3 N–H and O–H groups in total. The van der Waals surface area contributed by atoms with Gasteiger partial charge < -0.3 is 16.0 Å². The fourth-order valence-electron chi connectivity index (χ4n) is 1.57. The molecule has 1 fully saturated rings. The van der Waals surface area contributed by atoms with Crippen molar-refractivity contribution in [2.45, 2.75) is 6.04 Å². The van der Waals surface area contributed by atoms with E-state index in [-0.39, 0.29) is 0 Å². The Hall–Kier alpha value is -1.13. The van der Waals surface area contributed by atoms with Crippen LogP contribution in [0.25, 0.3) is 0 Å². The second kappa shape index (κ2) is 4.93. The van der Waals surface area contributed by atoms with Crippen molar-refractivity contribution >= 4 is 5.69 Å². The average Bonchev–Trinajstić information content (AvgIpc) is 2.29. The molecule has 0 aromatic carbocycles. The Bertz CT molecular complexity index is 256. The molecule has 0 radical (unpaired) electrons. The van der Waals surface area contributed by atoms with Crippen LogP contribution in [-0.4, -0.2) is 37.2 Å². The first-order chi connectivity index (χ1) is 6.95. The SMILES string of the molecule is c1cncc(NCC2CNCCN2)c1. The molecule has 14 heavy (non-hydrogen) atoms. The van der Waals surface area contributed by atoms with Gasteiger partial charge >= 0.3 is 0 Å². The average molecular weight is 192 g/mol. The van der Waals surface area contributed by atoms with Gasteiger partial charge in [-0.15, -0.1) is 0 Å². The Kier molecular flexibility index (Phi) is 3.32. The Labute approximate surface area is 84.1 Å². The van der Waals surface area contributed by atoms with Crippen molar-refractivity contribution in [2.75, 3.05) is 31.5 Å². The number of hydrogen-bond donors (Lipinski definition) is 3. The highest BCUT2D eigenvalue weighted by Crippen LogP contribution is 2.02. The van der Waals surface area contributed by atoms with E-state index >= 15 is 0 Å². The molecule has 2 heterocycles. The monoisotopic (exact) mass is 192 g/mol. The zero-order chi connectivity index (χ0) is 9.64. The standard InChI is InChI=1S/C10H16N4/c1-2-9(6-11-3-1)14-8-10-7-12-4-5-13-10/h1-3,6,10,12-14H,4-5,7-8H2. The lowest BCUT2D eigenvalue weighted by Crippen LogP contribution is -2.51. The van der Waals surface area contributed by atoms with Crippen molar-refractivity contribution < 1.29 is 0 Å². The summed E-state index contributed by atoms with van der Waals surface area (Å²) < 4.78 is 0. The summed E-state index contributed by atoms with van der Waals surface area (Å²) in [6.45, 7) is 4.11. The van der Waals surface area contributed by atoms with E-state index < -0.39 is 0 Å². The van der Waals surface area contributed by atoms with Gasteiger partial charge in [0, 0.05) is 44.6 Å². The molecule has 1 aromatic heterocycles. The Morgan fingerprint density at radius 3 is 3.21 bits per heavy atom. The smallest absolute Gasteiger partial charge is 0.0527 e. The van der Waals surface area contributed by atoms with Crippen LogP contribution in [0.15, 0.2) is 24.5 Å². The van der Waals surface area contributed by atoms with Gasteiger partial charge in [0.1, 0.15) is 0 Å². The number of pyridine rings is 1. The first-order valence-electron chi connectivity index (χ1n) is 5.03. The molecule has 0 saturated carbocycles. The summed E-state index contributed by atoms with van der Waals surface area (Å²) in [5.74, 6) is 0. The van der Waals surface area contributed by atoms with Gasteiger partial charge in [-0.3, -0.25) is 4.98 Å². The maximum Gasteiger partial charge on any atom is 0.0527 e. The third kappa shape index (κ3) is 2.68. The van der Waals surface area contributed by atoms with E-state index in [1.807, 2.05) is 18.3 Å². The number of rotatable bonds is 3. The maximum atomic E-state index is 4.05. The van der Waals surface area contributed by atoms with Crippen molar-refractivity contribution in [3.8, 4) is 0 Å². The molecule has 0 amide bonds. The van der Waals surface area contributed by atoms with Crippen molar-refractivity contribution in [2.24, 2.45) is 0 Å². The Morgan fingerprint density at radius 2 is 2.50 bits per heavy atom. The van der Waals surface area contributed by atoms with E-state index in [0.29, 0.717) is 6.04 Å². The van der Waals surface area contributed by atoms with Gasteiger partial charge in [0.05, 0.1) is 5.69 Å². The highest BCUT2D eigenvalue weighted by atomic mass is 15.1. The van der Waals surface area contributed by atoms with Crippen molar-refractivity contribution in [3.05, 3.63) is 24.5 Å². The van der Waals surface area contributed by atoms with Gasteiger partial charge in [0.25, 0.3) is 0 Å². The highest BCUT2D eigenvalue weighted by Gasteiger charge is 2.10. The van der Waals surface area contributed by atoms with E-state index in [9.17, 15) is 0 Å². The first-order valence-corrected chi connectivity index (χ1v) is 5.03. The lowest BCUT2D eigenvalue weighted by atomic mass is 10.2. The minimum Gasteiger partial charge on any atom is -0.382 e. The minimum absolute atomic E-state index is 0.518. The number of hydrogen-bond acceptors (Lipinski definition) is 4. The Balaban J connectivity index is 1.76. The molecule has 76 valence electrons. The highest BCUT2D eigenvalue weighted by molar-refractivity contribution is 5.39. The number of nitrogens with one attached hydrogen (secondary N) is 3. The lowest BCUT2D eigenvalue weighted by Gasteiger charge is -2.24. The van der Waals surface area contributed by atoms with E-state index in [4.69, 9.17) is 0 Å². The predicted octanol–water partition coefficient (Wildman–Crippen LogP) is 0.0549. The molecule has 1 saturated heterocycles. The van der Waals surface area contributed by atoms with Crippen LogP contribution in [-0.2, 0) is 0 Å². The number of piperazine rings is 1. The summed E-state index contributed by atoms with van der Waals surface area (Å²) >= 11 is 0. The second-order valence-electron chi connectivity index (χ2n) is 3.48. The zero-order valence-corrected chi connectivity index (χ0v) is 8.16. The normalized spacial score (nSPS) is 21.9. The molecule has 1 atom stereocenters. The van der Waals surface area contributed by atoms with Crippen LogP contribution in [0.5, 0.6) is 0 Å². The number of nitrogens with zero attached hydrogens (tertiary/aromatic N) is 1. The molecule has 0 spiro atoms. The molecule has 0 bridgehead atoms. The summed E-state index contributed by atoms with van der Waals surface area (Å²) in [4.78, 5) is 4.05. The third-order valence-corrected chi connectivity index (χ3v) is 2.34. The first kappa shape index (κ1) is 9.43. The molecule has 1 aromatic rings. The third-order valence-electron chi connectivity index (χ3n) is 2.34. The molecule has 2 rings (SSSR count). The van der Waals surface area contributed by atoms with Crippen LogP contribution >= 0.6 is 0 Å². The Morgan fingerprint density at radius 1 is 1.50 bits per heavy atom. The molecule has 1 aliphatic heterocycles. The molecule has 1 aliphatic rings. The molecule has 4 heteroatoms. The van der Waals surface area contributed by atoms with Crippen molar-refractivity contribution in [1.29, 1.82) is 0 Å². The van der Waals surface area contributed by atoms with E-state index in [1.165, 1.54) is 0 Å². The minimum atomic E-state index is 0.518. The van der Waals surface area contributed by atoms with Crippen LogP contribution in [0.2, 0.25) is 0 Å². The molecule has 0 aliphatic carbocycles. The van der Waals surface area contributed by atoms with Gasteiger partial charge in [-0.2, -0.15) is 0 Å². The summed E-state index contributed by atoms with van der Waals surface area (Å²) in [6.07, 6.45) is 3.63. The predicted molar refractivity (Wildman–Crippen MR) is 57.4 cm³/mol. The topological polar surface area (TPSA) is 49.0 Å². The maximum absolute atomic E-state index is 4.05. The largest absolute Gasteiger partial charge is 0.382 e. The fraction of sp³-hybridized carbons (Fsp3) is 0.500. The van der Waals surface area contributed by atoms with Crippen LogP contribution in [0.1, 0.15) is 0 Å². The van der Waals surface area contributed by atoms with Crippen molar-refractivity contribution in [1.82, 2.24) is 15.6 Å². The van der Waals surface area contributed by atoms with E-state index in [0.717, 1.165) is 31.9 Å². The molecule has 1 unspecified atom stereocenters. The van der Waals surface area contributed by atoms with Gasteiger partial charge in [-0.25, -0.2) is 0 Å². The van der Waals surface area contributed by atoms with Crippen LogP contribution in [0.4, 0.5) is 5.69 Å². The zero-order valence-electron chi connectivity index (χ0n) is 8.16. The number of aromatic nitrogens is 1. The van der Waals surface area contributed by atoms with Crippen LogP contribution < -0.4 is 16.0 Å².